The quantitative estimate of drug-likeness (QED) is 0.622. The monoisotopic (exact) mass is 341 g/mol. The highest BCUT2D eigenvalue weighted by molar-refractivity contribution is 7.89. The molecule has 0 radical (unpaired) electrons. The Balaban J connectivity index is 1.81. The Morgan fingerprint density at radius 2 is 1.64 bits per heavy atom. The van der Waals surface area contributed by atoms with Gasteiger partial charge in [-0.05, 0) is 6.07 Å². The van der Waals surface area contributed by atoms with Gasteiger partial charge in [-0.25, -0.2) is 30.4 Å². The Hall–Kier alpha value is -1.62. The summed E-state index contributed by atoms with van der Waals surface area (Å²) in [5, 5.41) is 6.52. The minimum absolute atomic E-state index is 0.117. The standard InChI is InChI=1S/C11H8F5N3O2S/c12-6-1-8(14)9(2-7(6)13)22(20,21)19-3-5(4-19)11(10(15)16)17-18-11/h1-2,5,10H,3-4H2. The van der Waals surface area contributed by atoms with Crippen LogP contribution in [0.4, 0.5) is 22.0 Å². The maximum absolute atomic E-state index is 13.5. The van der Waals surface area contributed by atoms with Crippen molar-refractivity contribution < 1.29 is 30.4 Å². The van der Waals surface area contributed by atoms with Gasteiger partial charge in [0.2, 0.25) is 10.0 Å². The second-order valence-electron chi connectivity index (χ2n) is 5.00. The van der Waals surface area contributed by atoms with Crippen LogP contribution in [-0.4, -0.2) is 37.9 Å². The van der Waals surface area contributed by atoms with Crippen molar-refractivity contribution in [3.8, 4) is 0 Å². The molecule has 2 heterocycles. The smallest absolute Gasteiger partial charge is 0.207 e. The molecule has 0 unspecified atom stereocenters. The molecule has 1 fully saturated rings. The normalized spacial score (nSPS) is 21.2. The van der Waals surface area contributed by atoms with Gasteiger partial charge in [-0.3, -0.25) is 0 Å². The van der Waals surface area contributed by atoms with E-state index in [2.05, 4.69) is 10.2 Å². The fourth-order valence-electron chi connectivity index (χ4n) is 2.23. The Morgan fingerprint density at radius 1 is 1.09 bits per heavy atom. The van der Waals surface area contributed by atoms with E-state index in [1.807, 2.05) is 0 Å². The van der Waals surface area contributed by atoms with Crippen LogP contribution in [0.3, 0.4) is 0 Å². The summed E-state index contributed by atoms with van der Waals surface area (Å²) >= 11 is 0. The first-order valence-corrected chi connectivity index (χ1v) is 7.49. The van der Waals surface area contributed by atoms with E-state index >= 15 is 0 Å². The molecule has 1 aromatic carbocycles. The number of alkyl halides is 2. The molecule has 22 heavy (non-hydrogen) atoms. The summed E-state index contributed by atoms with van der Waals surface area (Å²) in [6.45, 7) is -0.698. The largest absolute Gasteiger partial charge is 0.287 e. The van der Waals surface area contributed by atoms with Gasteiger partial charge < -0.3 is 0 Å². The average molecular weight is 341 g/mol. The Bertz CT molecular complexity index is 755. The summed E-state index contributed by atoms with van der Waals surface area (Å²) in [6, 6.07) is 0.341. The SMILES string of the molecule is O=S(=O)(c1cc(F)c(F)cc1F)N1CC(C2(C(F)F)N=N2)C1. The zero-order chi connectivity index (χ0) is 16.3. The fraction of sp³-hybridized carbons (Fsp3) is 0.455. The van der Waals surface area contributed by atoms with Crippen LogP contribution < -0.4 is 0 Å². The lowest BCUT2D eigenvalue weighted by atomic mass is 9.91. The van der Waals surface area contributed by atoms with Crippen molar-refractivity contribution in [2.24, 2.45) is 16.1 Å². The highest BCUT2D eigenvalue weighted by Crippen LogP contribution is 2.46. The molecular weight excluding hydrogens is 333 g/mol. The third kappa shape index (κ3) is 2.10. The molecule has 5 nitrogen and oxygen atoms in total. The number of benzene rings is 1. The highest BCUT2D eigenvalue weighted by Gasteiger charge is 2.61. The Labute approximate surface area is 121 Å². The zero-order valence-corrected chi connectivity index (χ0v) is 11.5. The van der Waals surface area contributed by atoms with Gasteiger partial charge >= 0.3 is 0 Å². The molecule has 0 atom stereocenters. The minimum Gasteiger partial charge on any atom is -0.207 e. The molecule has 2 aliphatic rings. The van der Waals surface area contributed by atoms with Crippen molar-refractivity contribution in [3.63, 3.8) is 0 Å². The van der Waals surface area contributed by atoms with Crippen molar-refractivity contribution in [1.29, 1.82) is 0 Å². The van der Waals surface area contributed by atoms with E-state index in [1.165, 1.54) is 0 Å². The Kier molecular flexibility index (Phi) is 3.25. The van der Waals surface area contributed by atoms with E-state index in [9.17, 15) is 30.4 Å². The molecule has 0 amide bonds. The zero-order valence-electron chi connectivity index (χ0n) is 10.7. The predicted molar refractivity (Wildman–Crippen MR) is 62.2 cm³/mol. The molecule has 0 bridgehead atoms. The Morgan fingerprint density at radius 3 is 2.14 bits per heavy atom. The predicted octanol–water partition coefficient (Wildman–Crippen LogP) is 2.15. The second-order valence-corrected chi connectivity index (χ2v) is 6.91. The molecule has 2 aliphatic heterocycles. The van der Waals surface area contributed by atoms with Gasteiger partial charge in [0, 0.05) is 25.1 Å². The van der Waals surface area contributed by atoms with Crippen LogP contribution in [0.15, 0.2) is 27.3 Å². The number of sulfonamides is 1. The lowest BCUT2D eigenvalue weighted by Gasteiger charge is -2.40. The summed E-state index contributed by atoms with van der Waals surface area (Å²) in [4.78, 5) is -1.04. The van der Waals surface area contributed by atoms with Crippen LogP contribution in [0, 0.1) is 23.4 Å². The fourth-order valence-corrected chi connectivity index (χ4v) is 3.82. The number of rotatable bonds is 4. The van der Waals surface area contributed by atoms with E-state index in [0.29, 0.717) is 4.31 Å². The first kappa shape index (κ1) is 15.3. The van der Waals surface area contributed by atoms with Gasteiger partial charge in [-0.2, -0.15) is 14.5 Å². The van der Waals surface area contributed by atoms with Crippen molar-refractivity contribution in [1.82, 2.24) is 4.31 Å². The summed E-state index contributed by atoms with van der Waals surface area (Å²) in [6.07, 6.45) is -2.86. The molecule has 11 heteroatoms. The van der Waals surface area contributed by atoms with Gasteiger partial charge in [-0.15, -0.1) is 0 Å². The van der Waals surface area contributed by atoms with E-state index < -0.39 is 50.4 Å². The molecule has 0 saturated carbocycles. The van der Waals surface area contributed by atoms with Gasteiger partial charge in [0.15, 0.2) is 11.6 Å². The van der Waals surface area contributed by atoms with Gasteiger partial charge in [-0.1, -0.05) is 0 Å². The number of hydrogen-bond acceptors (Lipinski definition) is 4. The van der Waals surface area contributed by atoms with Crippen LogP contribution in [0.5, 0.6) is 0 Å². The van der Waals surface area contributed by atoms with E-state index in [1.54, 1.807) is 0 Å². The summed E-state index contributed by atoms with van der Waals surface area (Å²) in [5.41, 5.74) is -1.89. The van der Waals surface area contributed by atoms with Crippen LogP contribution in [0.25, 0.3) is 0 Å². The topological polar surface area (TPSA) is 62.1 Å². The van der Waals surface area contributed by atoms with E-state index in [0.717, 1.165) is 0 Å². The van der Waals surface area contributed by atoms with Crippen molar-refractivity contribution in [2.45, 2.75) is 17.0 Å². The van der Waals surface area contributed by atoms with Crippen molar-refractivity contribution in [3.05, 3.63) is 29.6 Å². The van der Waals surface area contributed by atoms with Gasteiger partial charge in [0.25, 0.3) is 12.1 Å². The van der Waals surface area contributed by atoms with Crippen molar-refractivity contribution in [2.75, 3.05) is 13.1 Å². The van der Waals surface area contributed by atoms with Gasteiger partial charge in [0.1, 0.15) is 10.7 Å². The van der Waals surface area contributed by atoms with E-state index in [-0.39, 0.29) is 25.2 Å². The maximum Gasteiger partial charge on any atom is 0.287 e. The molecule has 0 aromatic heterocycles. The number of hydrogen-bond donors (Lipinski definition) is 0. The average Bonchev–Trinajstić information content (AvgIpc) is 3.12. The lowest BCUT2D eigenvalue weighted by Crippen LogP contribution is -2.57. The minimum atomic E-state index is -4.44. The van der Waals surface area contributed by atoms with Gasteiger partial charge in [0.05, 0.1) is 0 Å². The molecule has 1 saturated heterocycles. The molecular formula is C11H8F5N3O2S. The molecule has 0 aliphatic carbocycles. The summed E-state index contributed by atoms with van der Waals surface area (Å²) in [7, 11) is -4.44. The molecule has 120 valence electrons. The maximum atomic E-state index is 13.5. The molecule has 0 N–H and O–H groups in total. The lowest BCUT2D eigenvalue weighted by molar-refractivity contribution is 0.0221. The third-order valence-corrected chi connectivity index (χ3v) is 5.54. The molecule has 0 spiro atoms. The first-order valence-electron chi connectivity index (χ1n) is 6.05. The van der Waals surface area contributed by atoms with Crippen LogP contribution >= 0.6 is 0 Å². The van der Waals surface area contributed by atoms with E-state index in [4.69, 9.17) is 0 Å². The summed E-state index contributed by atoms with van der Waals surface area (Å²) in [5.74, 6) is -5.32. The summed E-state index contributed by atoms with van der Waals surface area (Å²) < 4.78 is 89.9. The third-order valence-electron chi connectivity index (χ3n) is 3.69. The van der Waals surface area contributed by atoms with Crippen LogP contribution in [0.2, 0.25) is 0 Å². The first-order chi connectivity index (χ1) is 10.2. The second kappa shape index (κ2) is 4.69. The van der Waals surface area contributed by atoms with Crippen LogP contribution in [-0.2, 0) is 10.0 Å². The molecule has 3 rings (SSSR count). The van der Waals surface area contributed by atoms with Crippen LogP contribution in [0.1, 0.15) is 0 Å². The van der Waals surface area contributed by atoms with Crippen molar-refractivity contribution >= 4 is 10.0 Å². The number of halogens is 5. The highest BCUT2D eigenvalue weighted by atomic mass is 32.2. The molecule has 1 aromatic rings. The number of nitrogens with zero attached hydrogens (tertiary/aromatic N) is 3.